The molecule has 20 heavy (non-hydrogen) atoms. The first-order valence-electron chi connectivity index (χ1n) is 6.67. The maximum atomic E-state index is 13.6. The van der Waals surface area contributed by atoms with E-state index in [2.05, 4.69) is 5.32 Å². The van der Waals surface area contributed by atoms with Gasteiger partial charge >= 0.3 is 0 Å². The van der Waals surface area contributed by atoms with Gasteiger partial charge in [0.25, 0.3) is 0 Å². The normalized spacial score (nSPS) is 14.2. The summed E-state index contributed by atoms with van der Waals surface area (Å²) in [6.07, 6.45) is 1.11. The largest absolute Gasteiger partial charge is 0.383 e. The van der Waals surface area contributed by atoms with Gasteiger partial charge in [0, 0.05) is 18.1 Å². The minimum atomic E-state index is -1.58. The van der Waals surface area contributed by atoms with E-state index in [9.17, 15) is 18.7 Å². The Kier molecular flexibility index (Phi) is 5.62. The third-order valence-corrected chi connectivity index (χ3v) is 3.09. The Labute approximate surface area is 118 Å². The van der Waals surface area contributed by atoms with Gasteiger partial charge in [-0.05, 0) is 25.3 Å². The monoisotopic (exact) mass is 285 g/mol. The highest BCUT2D eigenvalue weighted by Crippen LogP contribution is 2.23. The van der Waals surface area contributed by atoms with Crippen LogP contribution in [0.25, 0.3) is 0 Å². The van der Waals surface area contributed by atoms with Crippen LogP contribution in [0, 0.1) is 17.6 Å². The third-order valence-electron chi connectivity index (χ3n) is 3.09. The summed E-state index contributed by atoms with van der Waals surface area (Å²) in [5.41, 5.74) is -1.62. The smallest absolute Gasteiger partial charge is 0.220 e. The lowest BCUT2D eigenvalue weighted by atomic mass is 9.95. The number of hydrogen-bond donors (Lipinski definition) is 2. The molecule has 0 aliphatic carbocycles. The van der Waals surface area contributed by atoms with E-state index in [0.29, 0.717) is 18.4 Å². The van der Waals surface area contributed by atoms with Crippen molar-refractivity contribution in [2.24, 2.45) is 5.92 Å². The number of hydrogen-bond acceptors (Lipinski definition) is 2. The number of benzene rings is 1. The van der Waals surface area contributed by atoms with Crippen molar-refractivity contribution in [2.45, 2.75) is 39.2 Å². The predicted molar refractivity (Wildman–Crippen MR) is 73.0 cm³/mol. The number of aliphatic hydroxyl groups is 1. The van der Waals surface area contributed by atoms with Crippen LogP contribution in [0.3, 0.4) is 0 Å². The van der Waals surface area contributed by atoms with Gasteiger partial charge in [-0.2, -0.15) is 0 Å². The topological polar surface area (TPSA) is 49.3 Å². The Morgan fingerprint density at radius 1 is 1.40 bits per heavy atom. The van der Waals surface area contributed by atoms with Gasteiger partial charge in [-0.1, -0.05) is 19.9 Å². The number of nitrogens with one attached hydrogen (secondary N) is 1. The Morgan fingerprint density at radius 3 is 2.60 bits per heavy atom. The van der Waals surface area contributed by atoms with E-state index in [1.54, 1.807) is 0 Å². The fourth-order valence-electron chi connectivity index (χ4n) is 1.80. The summed E-state index contributed by atoms with van der Waals surface area (Å²) in [7, 11) is 0. The zero-order valence-electron chi connectivity index (χ0n) is 12.0. The number of rotatable bonds is 6. The van der Waals surface area contributed by atoms with E-state index in [1.807, 2.05) is 13.8 Å². The molecule has 3 nitrogen and oxygen atoms in total. The lowest BCUT2D eigenvalue weighted by molar-refractivity contribution is -0.122. The van der Waals surface area contributed by atoms with E-state index in [0.717, 1.165) is 12.5 Å². The van der Waals surface area contributed by atoms with E-state index < -0.39 is 17.2 Å². The van der Waals surface area contributed by atoms with Gasteiger partial charge in [0.2, 0.25) is 5.91 Å². The van der Waals surface area contributed by atoms with E-state index in [-0.39, 0.29) is 18.0 Å². The van der Waals surface area contributed by atoms with E-state index >= 15 is 0 Å². The molecule has 1 unspecified atom stereocenters. The Balaban J connectivity index is 2.63. The van der Waals surface area contributed by atoms with Gasteiger partial charge in [0.15, 0.2) is 0 Å². The summed E-state index contributed by atoms with van der Waals surface area (Å²) in [4.78, 5) is 11.6. The first-order valence-corrected chi connectivity index (χ1v) is 6.67. The maximum Gasteiger partial charge on any atom is 0.220 e. The molecule has 1 rings (SSSR count). The van der Waals surface area contributed by atoms with Gasteiger partial charge in [-0.3, -0.25) is 4.79 Å². The lowest BCUT2D eigenvalue weighted by Gasteiger charge is -2.24. The molecule has 0 aliphatic heterocycles. The van der Waals surface area contributed by atoms with Crippen molar-refractivity contribution < 1.29 is 18.7 Å². The SMILES string of the molecule is CC(C)CCC(=O)NCC(C)(O)c1ccc(F)cc1F. The average Bonchev–Trinajstić information content (AvgIpc) is 2.33. The first-order chi connectivity index (χ1) is 9.22. The van der Waals surface area contributed by atoms with Crippen LogP contribution in [0.1, 0.15) is 39.2 Å². The molecule has 5 heteroatoms. The summed E-state index contributed by atoms with van der Waals surface area (Å²) in [6.45, 7) is 5.28. The second-order valence-corrected chi connectivity index (χ2v) is 5.61. The summed E-state index contributed by atoms with van der Waals surface area (Å²) < 4.78 is 26.4. The van der Waals surface area contributed by atoms with Crippen LogP contribution in [0.15, 0.2) is 18.2 Å². The van der Waals surface area contributed by atoms with Crippen molar-refractivity contribution in [3.05, 3.63) is 35.4 Å². The molecule has 0 saturated carbocycles. The lowest BCUT2D eigenvalue weighted by Crippen LogP contribution is -2.39. The average molecular weight is 285 g/mol. The number of halogens is 2. The Hall–Kier alpha value is -1.49. The standard InChI is InChI=1S/C15H21F2NO2/c1-10(2)4-7-14(19)18-9-15(3,20)12-6-5-11(16)8-13(12)17/h5-6,8,10,20H,4,7,9H2,1-3H3,(H,18,19). The quantitative estimate of drug-likeness (QED) is 0.844. The van der Waals surface area contributed by atoms with Crippen molar-refractivity contribution in [1.82, 2.24) is 5.32 Å². The molecular weight excluding hydrogens is 264 g/mol. The molecule has 0 aliphatic rings. The van der Waals surface area contributed by atoms with Crippen molar-refractivity contribution in [2.75, 3.05) is 6.54 Å². The highest BCUT2D eigenvalue weighted by Gasteiger charge is 2.27. The molecule has 112 valence electrons. The minimum Gasteiger partial charge on any atom is -0.383 e. The molecule has 1 amide bonds. The molecule has 0 spiro atoms. The third kappa shape index (κ3) is 4.89. The molecule has 0 heterocycles. The highest BCUT2D eigenvalue weighted by atomic mass is 19.1. The fourth-order valence-corrected chi connectivity index (χ4v) is 1.80. The zero-order chi connectivity index (χ0) is 15.3. The Bertz CT molecular complexity index is 473. The maximum absolute atomic E-state index is 13.6. The molecule has 0 aromatic heterocycles. The molecule has 0 bridgehead atoms. The predicted octanol–water partition coefficient (Wildman–Crippen LogP) is 2.72. The van der Waals surface area contributed by atoms with Gasteiger partial charge in [0.05, 0.1) is 6.54 Å². The van der Waals surface area contributed by atoms with Gasteiger partial charge < -0.3 is 10.4 Å². The molecule has 1 aromatic rings. The molecule has 0 saturated heterocycles. The fraction of sp³-hybridized carbons (Fsp3) is 0.533. The number of carbonyl (C=O) groups excluding carboxylic acids is 1. The summed E-state index contributed by atoms with van der Waals surface area (Å²) >= 11 is 0. The summed E-state index contributed by atoms with van der Waals surface area (Å²) in [6, 6.07) is 2.97. The molecular formula is C15H21F2NO2. The van der Waals surface area contributed by atoms with Crippen molar-refractivity contribution in [3.8, 4) is 0 Å². The highest BCUT2D eigenvalue weighted by molar-refractivity contribution is 5.75. The van der Waals surface area contributed by atoms with Crippen molar-refractivity contribution in [1.29, 1.82) is 0 Å². The second-order valence-electron chi connectivity index (χ2n) is 5.61. The van der Waals surface area contributed by atoms with Crippen LogP contribution in [0.5, 0.6) is 0 Å². The van der Waals surface area contributed by atoms with Gasteiger partial charge in [-0.25, -0.2) is 8.78 Å². The molecule has 1 atom stereocenters. The van der Waals surface area contributed by atoms with Gasteiger partial charge in [0.1, 0.15) is 17.2 Å². The zero-order valence-corrected chi connectivity index (χ0v) is 12.0. The Morgan fingerprint density at radius 2 is 2.05 bits per heavy atom. The molecule has 0 radical (unpaired) electrons. The summed E-state index contributed by atoms with van der Waals surface area (Å²) in [5, 5.41) is 12.8. The van der Waals surface area contributed by atoms with E-state index in [4.69, 9.17) is 0 Å². The second kappa shape index (κ2) is 6.79. The van der Waals surface area contributed by atoms with Crippen molar-refractivity contribution >= 4 is 5.91 Å². The minimum absolute atomic E-state index is 0.0388. The molecule has 2 N–H and O–H groups in total. The number of amides is 1. The van der Waals surface area contributed by atoms with Crippen LogP contribution in [-0.4, -0.2) is 17.6 Å². The van der Waals surface area contributed by atoms with E-state index in [1.165, 1.54) is 13.0 Å². The van der Waals surface area contributed by atoms with Crippen LogP contribution in [0.2, 0.25) is 0 Å². The molecule has 0 fully saturated rings. The van der Waals surface area contributed by atoms with Crippen LogP contribution >= 0.6 is 0 Å². The van der Waals surface area contributed by atoms with Gasteiger partial charge in [-0.15, -0.1) is 0 Å². The van der Waals surface area contributed by atoms with Crippen molar-refractivity contribution in [3.63, 3.8) is 0 Å². The summed E-state index contributed by atoms with van der Waals surface area (Å²) in [5.74, 6) is -1.31. The van der Waals surface area contributed by atoms with Crippen LogP contribution < -0.4 is 5.32 Å². The molecule has 1 aromatic carbocycles. The van der Waals surface area contributed by atoms with Crippen LogP contribution in [-0.2, 0) is 10.4 Å². The first kappa shape index (κ1) is 16.6. The van der Waals surface area contributed by atoms with Crippen LogP contribution in [0.4, 0.5) is 8.78 Å². The number of carbonyl (C=O) groups is 1.